The SMILES string of the molecule is CCC1=C(C(=O)OC)C(c2ccc(NC(=O)Nc3ccccc3C)cc2)N2CCCSC2=N1. The minimum Gasteiger partial charge on any atom is -0.466 e. The number of ether oxygens (including phenoxy) is 1. The molecule has 1 saturated heterocycles. The van der Waals surface area contributed by atoms with E-state index in [9.17, 15) is 9.59 Å². The van der Waals surface area contributed by atoms with Crippen LogP contribution in [0.15, 0.2) is 64.8 Å². The summed E-state index contributed by atoms with van der Waals surface area (Å²) in [6.07, 6.45) is 1.67. The molecule has 33 heavy (non-hydrogen) atoms. The molecule has 172 valence electrons. The van der Waals surface area contributed by atoms with Gasteiger partial charge in [-0.1, -0.05) is 49.0 Å². The van der Waals surface area contributed by atoms with Crippen LogP contribution in [0.5, 0.6) is 0 Å². The smallest absolute Gasteiger partial charge is 0.338 e. The number of anilines is 2. The van der Waals surface area contributed by atoms with Crippen molar-refractivity contribution in [2.24, 2.45) is 4.99 Å². The number of nitrogens with zero attached hydrogens (tertiary/aromatic N) is 2. The Labute approximate surface area is 198 Å². The van der Waals surface area contributed by atoms with E-state index in [-0.39, 0.29) is 18.0 Å². The second-order valence-electron chi connectivity index (χ2n) is 7.91. The molecule has 0 bridgehead atoms. The van der Waals surface area contributed by atoms with Crippen LogP contribution in [0.25, 0.3) is 0 Å². The molecule has 2 amide bonds. The summed E-state index contributed by atoms with van der Waals surface area (Å²) in [6, 6.07) is 14.7. The molecule has 0 aliphatic carbocycles. The van der Waals surface area contributed by atoms with Crippen LogP contribution in [0.4, 0.5) is 16.2 Å². The lowest BCUT2D eigenvalue weighted by Crippen LogP contribution is -2.42. The van der Waals surface area contributed by atoms with Crippen LogP contribution in [0, 0.1) is 6.92 Å². The fraction of sp³-hybridized carbons (Fsp3) is 0.320. The van der Waals surface area contributed by atoms with Gasteiger partial charge in [0.15, 0.2) is 5.17 Å². The Balaban J connectivity index is 1.58. The summed E-state index contributed by atoms with van der Waals surface area (Å²) in [7, 11) is 1.41. The average Bonchev–Trinajstić information content (AvgIpc) is 2.84. The van der Waals surface area contributed by atoms with Gasteiger partial charge in [-0.15, -0.1) is 0 Å². The molecule has 1 fully saturated rings. The number of hydrogen-bond acceptors (Lipinski definition) is 6. The number of carbonyl (C=O) groups is 2. The molecule has 1 unspecified atom stereocenters. The fourth-order valence-corrected chi connectivity index (χ4v) is 5.10. The maximum absolute atomic E-state index is 12.8. The third kappa shape index (κ3) is 4.90. The van der Waals surface area contributed by atoms with Crippen LogP contribution in [-0.4, -0.2) is 41.5 Å². The standard InChI is InChI=1S/C25H28N4O3S/c1-4-19-21(23(30)32-3)22(29-14-7-15-33-25(29)28-19)17-10-12-18(13-11-17)26-24(31)27-20-9-6-5-8-16(20)2/h5-6,8-13,22H,4,7,14-15H2,1-3H3,(H2,26,27,31). The van der Waals surface area contributed by atoms with Crippen LogP contribution in [0.3, 0.4) is 0 Å². The van der Waals surface area contributed by atoms with E-state index in [0.29, 0.717) is 17.7 Å². The predicted octanol–water partition coefficient (Wildman–Crippen LogP) is 5.33. The van der Waals surface area contributed by atoms with Crippen molar-refractivity contribution in [3.63, 3.8) is 0 Å². The zero-order chi connectivity index (χ0) is 23.4. The first-order chi connectivity index (χ1) is 16.0. The maximum Gasteiger partial charge on any atom is 0.338 e. The largest absolute Gasteiger partial charge is 0.466 e. The molecule has 0 aromatic heterocycles. The van der Waals surface area contributed by atoms with Crippen molar-refractivity contribution in [2.45, 2.75) is 32.7 Å². The summed E-state index contributed by atoms with van der Waals surface area (Å²) in [4.78, 5) is 32.2. The highest BCUT2D eigenvalue weighted by Gasteiger charge is 2.38. The van der Waals surface area contributed by atoms with E-state index in [2.05, 4.69) is 15.5 Å². The Kier molecular flexibility index (Phi) is 7.03. The molecule has 0 spiro atoms. The molecule has 2 N–H and O–H groups in total. The highest BCUT2D eigenvalue weighted by Crippen LogP contribution is 2.40. The summed E-state index contributed by atoms with van der Waals surface area (Å²) in [5.74, 6) is 0.667. The number of amides is 2. The second-order valence-corrected chi connectivity index (χ2v) is 8.98. The molecule has 0 saturated carbocycles. The first-order valence-corrected chi connectivity index (χ1v) is 12.0. The van der Waals surface area contributed by atoms with Gasteiger partial charge in [-0.2, -0.15) is 0 Å². The Bertz CT molecular complexity index is 1110. The van der Waals surface area contributed by atoms with Gasteiger partial charge in [0.25, 0.3) is 0 Å². The number of aliphatic imine (C=N–C) groups is 1. The summed E-state index contributed by atoms with van der Waals surface area (Å²) >= 11 is 1.72. The highest BCUT2D eigenvalue weighted by molar-refractivity contribution is 8.13. The summed E-state index contributed by atoms with van der Waals surface area (Å²) in [6.45, 7) is 4.78. The van der Waals surface area contributed by atoms with Gasteiger partial charge in [0.2, 0.25) is 0 Å². The van der Waals surface area contributed by atoms with Gasteiger partial charge >= 0.3 is 12.0 Å². The third-order valence-electron chi connectivity index (χ3n) is 5.76. The number of thioether (sulfide) groups is 1. The van der Waals surface area contributed by atoms with Crippen molar-refractivity contribution in [1.29, 1.82) is 0 Å². The van der Waals surface area contributed by atoms with Crippen LogP contribution in [-0.2, 0) is 9.53 Å². The number of benzene rings is 2. The van der Waals surface area contributed by atoms with Crippen LogP contribution >= 0.6 is 11.8 Å². The van der Waals surface area contributed by atoms with Crippen LogP contribution < -0.4 is 10.6 Å². The Morgan fingerprint density at radius 1 is 1.15 bits per heavy atom. The van der Waals surface area contributed by atoms with Crippen molar-refractivity contribution in [2.75, 3.05) is 30.0 Å². The molecule has 8 heteroatoms. The molecule has 4 rings (SSSR count). The zero-order valence-electron chi connectivity index (χ0n) is 19.1. The second kappa shape index (κ2) is 10.1. The maximum atomic E-state index is 12.8. The van der Waals surface area contributed by atoms with Crippen LogP contribution in [0.1, 0.15) is 36.9 Å². The lowest BCUT2D eigenvalue weighted by atomic mass is 9.93. The first-order valence-electron chi connectivity index (χ1n) is 11.0. The van der Waals surface area contributed by atoms with E-state index < -0.39 is 0 Å². The lowest BCUT2D eigenvalue weighted by molar-refractivity contribution is -0.136. The monoisotopic (exact) mass is 464 g/mol. The van der Waals surface area contributed by atoms with Crippen molar-refractivity contribution in [3.05, 3.63) is 70.9 Å². The molecular weight excluding hydrogens is 436 g/mol. The number of urea groups is 1. The van der Waals surface area contributed by atoms with Crippen molar-refractivity contribution in [1.82, 2.24) is 4.90 Å². The minimum atomic E-state index is -0.352. The number of allylic oxidation sites excluding steroid dienone is 1. The van der Waals surface area contributed by atoms with Crippen molar-refractivity contribution in [3.8, 4) is 0 Å². The molecular formula is C25H28N4O3S. The van der Waals surface area contributed by atoms with E-state index in [1.807, 2.05) is 62.4 Å². The highest BCUT2D eigenvalue weighted by atomic mass is 32.2. The topological polar surface area (TPSA) is 83.0 Å². The number of carbonyl (C=O) groups excluding carboxylic acids is 2. The Hall–Kier alpha value is -3.26. The van der Waals surface area contributed by atoms with Crippen molar-refractivity contribution < 1.29 is 14.3 Å². The number of hydrogen-bond donors (Lipinski definition) is 2. The number of para-hydroxylation sites is 1. The predicted molar refractivity (Wildman–Crippen MR) is 134 cm³/mol. The number of aryl methyl sites for hydroxylation is 1. The van der Waals surface area contributed by atoms with Gasteiger partial charge < -0.3 is 20.3 Å². The number of rotatable bonds is 5. The quantitative estimate of drug-likeness (QED) is 0.585. The third-order valence-corrected chi connectivity index (χ3v) is 6.84. The molecule has 2 heterocycles. The molecule has 2 aliphatic heterocycles. The average molecular weight is 465 g/mol. The van der Waals surface area contributed by atoms with E-state index in [4.69, 9.17) is 9.73 Å². The Morgan fingerprint density at radius 2 is 1.91 bits per heavy atom. The van der Waals surface area contributed by atoms with Gasteiger partial charge in [0.05, 0.1) is 24.4 Å². The fourth-order valence-electron chi connectivity index (χ4n) is 4.10. The van der Waals surface area contributed by atoms with Gasteiger partial charge in [0.1, 0.15) is 0 Å². The number of methoxy groups -OCH3 is 1. The number of fused-ring (bicyclic) bond motifs is 1. The molecule has 2 aliphatic rings. The first kappa shape index (κ1) is 22.9. The Morgan fingerprint density at radius 3 is 2.61 bits per heavy atom. The van der Waals surface area contributed by atoms with Gasteiger partial charge in [0, 0.05) is 23.7 Å². The van der Waals surface area contributed by atoms with E-state index in [0.717, 1.165) is 46.4 Å². The van der Waals surface area contributed by atoms with Crippen molar-refractivity contribution >= 4 is 40.3 Å². The summed E-state index contributed by atoms with van der Waals surface area (Å²) in [5.41, 5.74) is 4.74. The van der Waals surface area contributed by atoms with Gasteiger partial charge in [-0.3, -0.25) is 0 Å². The lowest BCUT2D eigenvalue weighted by Gasteiger charge is -2.40. The molecule has 2 aromatic carbocycles. The number of esters is 1. The van der Waals surface area contributed by atoms with Crippen LogP contribution in [0.2, 0.25) is 0 Å². The van der Waals surface area contributed by atoms with Gasteiger partial charge in [-0.05, 0) is 49.1 Å². The minimum absolute atomic E-state index is 0.262. The molecule has 1 atom stereocenters. The zero-order valence-corrected chi connectivity index (χ0v) is 19.9. The van der Waals surface area contributed by atoms with E-state index in [1.165, 1.54) is 7.11 Å². The number of nitrogens with one attached hydrogen (secondary N) is 2. The summed E-state index contributed by atoms with van der Waals surface area (Å²) in [5, 5.41) is 6.70. The molecule has 0 radical (unpaired) electrons. The molecule has 7 nitrogen and oxygen atoms in total. The summed E-state index contributed by atoms with van der Waals surface area (Å²) < 4.78 is 5.13. The molecule has 2 aromatic rings. The van der Waals surface area contributed by atoms with E-state index >= 15 is 0 Å². The number of amidine groups is 1. The van der Waals surface area contributed by atoms with Gasteiger partial charge in [-0.25, -0.2) is 14.6 Å². The van der Waals surface area contributed by atoms with E-state index in [1.54, 1.807) is 11.8 Å². The normalized spacial score (nSPS) is 17.7.